The molecule has 1 aromatic heterocycles. The van der Waals surface area contributed by atoms with Gasteiger partial charge < -0.3 is 4.74 Å². The number of alkyl halides is 1. The fourth-order valence-electron chi connectivity index (χ4n) is 1.87. The zero-order valence-electron chi connectivity index (χ0n) is 10.3. The maximum absolute atomic E-state index is 5.39. The lowest BCUT2D eigenvalue weighted by Gasteiger charge is -2.23. The average Bonchev–Trinajstić information content (AvgIpc) is 2.17. The molecule has 1 aromatic rings. The monoisotopic (exact) mass is 286 g/mol. The largest absolute Gasteiger partial charge is 0.478 e. The molecular formula is C12H19BrN2O. The third-order valence-corrected chi connectivity index (χ3v) is 3.08. The third kappa shape index (κ3) is 3.44. The van der Waals surface area contributed by atoms with Crippen molar-refractivity contribution in [2.24, 2.45) is 5.92 Å². The van der Waals surface area contributed by atoms with Gasteiger partial charge in [-0.25, -0.2) is 9.97 Å². The van der Waals surface area contributed by atoms with Crippen molar-refractivity contribution < 1.29 is 4.74 Å². The molecule has 90 valence electrons. The molecule has 0 fully saturated rings. The first-order valence-electron chi connectivity index (χ1n) is 5.65. The van der Waals surface area contributed by atoms with Gasteiger partial charge in [0.25, 0.3) is 0 Å². The molecule has 0 N–H and O–H groups in total. The van der Waals surface area contributed by atoms with Crippen LogP contribution < -0.4 is 4.74 Å². The summed E-state index contributed by atoms with van der Waals surface area (Å²) in [5.74, 6) is 1.56. The number of rotatable bonds is 5. The van der Waals surface area contributed by atoms with Crippen molar-refractivity contribution in [3.8, 4) is 5.88 Å². The Labute approximate surface area is 106 Å². The van der Waals surface area contributed by atoms with E-state index in [1.807, 2.05) is 13.0 Å². The van der Waals surface area contributed by atoms with E-state index in [1.54, 1.807) is 6.33 Å². The molecule has 0 saturated heterocycles. The Morgan fingerprint density at radius 1 is 1.31 bits per heavy atom. The van der Waals surface area contributed by atoms with Crippen LogP contribution in [0.15, 0.2) is 12.4 Å². The summed E-state index contributed by atoms with van der Waals surface area (Å²) in [5.41, 5.74) is 1.04. The Bertz CT molecular complexity index is 321. The summed E-state index contributed by atoms with van der Waals surface area (Å²) in [5, 5.41) is 0. The van der Waals surface area contributed by atoms with Crippen LogP contribution in [0.2, 0.25) is 0 Å². The number of halogens is 1. The Kier molecular flexibility index (Phi) is 5.19. The quantitative estimate of drug-likeness (QED) is 0.778. The summed E-state index contributed by atoms with van der Waals surface area (Å²) in [4.78, 5) is 8.81. The van der Waals surface area contributed by atoms with Gasteiger partial charge in [-0.2, -0.15) is 0 Å². The summed E-state index contributed by atoms with van der Waals surface area (Å²) in [6.07, 6.45) is 1.57. The molecule has 2 unspecified atom stereocenters. The lowest BCUT2D eigenvalue weighted by Crippen LogP contribution is -2.17. The molecule has 2 atom stereocenters. The number of hydrogen-bond donors (Lipinski definition) is 0. The van der Waals surface area contributed by atoms with Crippen molar-refractivity contribution >= 4 is 15.9 Å². The first kappa shape index (κ1) is 13.4. The molecule has 0 bridgehead atoms. The maximum Gasteiger partial charge on any atom is 0.216 e. The normalized spacial score (nSPS) is 14.9. The molecule has 0 radical (unpaired) electrons. The fourth-order valence-corrected chi connectivity index (χ4v) is 2.75. The summed E-state index contributed by atoms with van der Waals surface area (Å²) >= 11 is 3.64. The predicted octanol–water partition coefficient (Wildman–Crippen LogP) is 3.40. The molecule has 0 aliphatic carbocycles. The van der Waals surface area contributed by atoms with Crippen molar-refractivity contribution in [1.29, 1.82) is 0 Å². The van der Waals surface area contributed by atoms with Gasteiger partial charge in [0.05, 0.1) is 12.3 Å². The van der Waals surface area contributed by atoms with Crippen molar-refractivity contribution in [1.82, 2.24) is 9.97 Å². The first-order valence-corrected chi connectivity index (χ1v) is 6.56. The van der Waals surface area contributed by atoms with Crippen molar-refractivity contribution in [2.75, 3.05) is 6.61 Å². The van der Waals surface area contributed by atoms with E-state index in [9.17, 15) is 0 Å². The highest BCUT2D eigenvalue weighted by atomic mass is 79.9. The minimum atomic E-state index is 0.377. The van der Waals surface area contributed by atoms with Crippen LogP contribution in [0.5, 0.6) is 5.88 Å². The molecule has 0 spiro atoms. The van der Waals surface area contributed by atoms with E-state index in [4.69, 9.17) is 4.74 Å². The van der Waals surface area contributed by atoms with E-state index >= 15 is 0 Å². The number of aromatic nitrogens is 2. The molecule has 0 aliphatic heterocycles. The second-order valence-electron chi connectivity index (χ2n) is 4.16. The summed E-state index contributed by atoms with van der Waals surface area (Å²) in [6, 6.07) is 1.94. The Morgan fingerprint density at radius 3 is 2.50 bits per heavy atom. The van der Waals surface area contributed by atoms with Crippen LogP contribution in [-0.4, -0.2) is 21.4 Å². The van der Waals surface area contributed by atoms with Gasteiger partial charge in [0.2, 0.25) is 5.88 Å². The van der Waals surface area contributed by atoms with Crippen molar-refractivity contribution in [3.05, 3.63) is 18.1 Å². The van der Waals surface area contributed by atoms with E-state index in [0.717, 1.165) is 5.69 Å². The first-order chi connectivity index (χ1) is 7.56. The molecule has 16 heavy (non-hydrogen) atoms. The Balaban J connectivity index is 2.95. The van der Waals surface area contributed by atoms with Gasteiger partial charge in [-0.1, -0.05) is 36.7 Å². The average molecular weight is 287 g/mol. The van der Waals surface area contributed by atoms with E-state index < -0.39 is 0 Å². The van der Waals surface area contributed by atoms with Crippen LogP contribution >= 0.6 is 15.9 Å². The van der Waals surface area contributed by atoms with Crippen LogP contribution in [0.25, 0.3) is 0 Å². The van der Waals surface area contributed by atoms with Gasteiger partial charge >= 0.3 is 0 Å². The minimum Gasteiger partial charge on any atom is -0.478 e. The smallest absolute Gasteiger partial charge is 0.216 e. The van der Waals surface area contributed by atoms with E-state index in [-0.39, 0.29) is 0 Å². The van der Waals surface area contributed by atoms with Crippen LogP contribution in [0, 0.1) is 5.92 Å². The lowest BCUT2D eigenvalue weighted by molar-refractivity contribution is 0.324. The third-order valence-electron chi connectivity index (χ3n) is 2.51. The molecule has 1 heterocycles. The zero-order chi connectivity index (χ0) is 12.1. The van der Waals surface area contributed by atoms with Crippen LogP contribution in [0.4, 0.5) is 0 Å². The Hall–Kier alpha value is -0.640. The van der Waals surface area contributed by atoms with Gasteiger partial charge in [-0.15, -0.1) is 0 Å². The lowest BCUT2D eigenvalue weighted by atomic mass is 9.90. The van der Waals surface area contributed by atoms with Gasteiger partial charge in [0.1, 0.15) is 6.33 Å². The van der Waals surface area contributed by atoms with Crippen molar-refractivity contribution in [2.45, 2.75) is 38.4 Å². The topological polar surface area (TPSA) is 35.0 Å². The molecule has 0 aliphatic rings. The number of nitrogens with zero attached hydrogens (tertiary/aromatic N) is 2. The van der Waals surface area contributed by atoms with Crippen LogP contribution in [0.1, 0.15) is 39.3 Å². The predicted molar refractivity (Wildman–Crippen MR) is 69.2 cm³/mol. The zero-order valence-corrected chi connectivity index (χ0v) is 11.9. The van der Waals surface area contributed by atoms with E-state index in [2.05, 4.69) is 46.7 Å². The standard InChI is InChI=1S/C12H19BrN2O/c1-5-16-11-6-10(14-7-15-11)12(8(2)3)9(4)13/h6-9,12H,5H2,1-4H3. The second-order valence-corrected chi connectivity index (χ2v) is 5.61. The molecule has 1 rings (SSSR count). The molecule has 4 heteroatoms. The van der Waals surface area contributed by atoms with Gasteiger partial charge in [-0.3, -0.25) is 0 Å². The summed E-state index contributed by atoms with van der Waals surface area (Å²) in [7, 11) is 0. The highest BCUT2D eigenvalue weighted by Crippen LogP contribution is 2.31. The summed E-state index contributed by atoms with van der Waals surface area (Å²) < 4.78 is 5.39. The highest BCUT2D eigenvalue weighted by Gasteiger charge is 2.22. The molecule has 3 nitrogen and oxygen atoms in total. The van der Waals surface area contributed by atoms with E-state index in [1.165, 1.54) is 0 Å². The second kappa shape index (κ2) is 6.18. The van der Waals surface area contributed by atoms with Gasteiger partial charge in [0.15, 0.2) is 0 Å². The van der Waals surface area contributed by atoms with Crippen LogP contribution in [-0.2, 0) is 0 Å². The molecular weight excluding hydrogens is 268 g/mol. The summed E-state index contributed by atoms with van der Waals surface area (Å²) in [6.45, 7) is 9.13. The Morgan fingerprint density at radius 2 is 2.00 bits per heavy atom. The molecule has 0 saturated carbocycles. The minimum absolute atomic E-state index is 0.377. The van der Waals surface area contributed by atoms with Gasteiger partial charge in [-0.05, 0) is 12.8 Å². The molecule has 0 aromatic carbocycles. The highest BCUT2D eigenvalue weighted by molar-refractivity contribution is 9.09. The molecule has 0 amide bonds. The fraction of sp³-hybridized carbons (Fsp3) is 0.667. The van der Waals surface area contributed by atoms with Gasteiger partial charge in [0, 0.05) is 16.8 Å². The maximum atomic E-state index is 5.39. The number of hydrogen-bond acceptors (Lipinski definition) is 3. The van der Waals surface area contributed by atoms with Crippen molar-refractivity contribution in [3.63, 3.8) is 0 Å². The SMILES string of the molecule is CCOc1cc(C(C(C)C)C(C)Br)ncn1. The number of ether oxygens (including phenoxy) is 1. The van der Waals surface area contributed by atoms with E-state index in [0.29, 0.717) is 29.1 Å². The van der Waals surface area contributed by atoms with Crippen LogP contribution in [0.3, 0.4) is 0 Å².